The molecule has 0 saturated carbocycles. The maximum absolute atomic E-state index is 12.6. The lowest BCUT2D eigenvalue weighted by molar-refractivity contribution is -0.384. The molecular weight excluding hydrogens is 570 g/mol. The maximum atomic E-state index is 12.6. The number of amides is 1. The fraction of sp³-hybridized carbons (Fsp3) is 0. The fourth-order valence-electron chi connectivity index (χ4n) is 2.46. The molecule has 0 atom stereocenters. The third-order valence-electron chi connectivity index (χ3n) is 4.00. The lowest BCUT2D eigenvalue weighted by Crippen LogP contribution is -2.18. The molecule has 0 aliphatic rings. The molecule has 3 aromatic carbocycles. The van der Waals surface area contributed by atoms with E-state index >= 15 is 0 Å². The van der Waals surface area contributed by atoms with E-state index in [0.29, 0.717) is 14.5 Å². The van der Waals surface area contributed by atoms with Crippen molar-refractivity contribution in [3.05, 3.63) is 96.9 Å². The topological polar surface area (TPSA) is 128 Å². The second kappa shape index (κ2) is 10.0. The van der Waals surface area contributed by atoms with Crippen molar-refractivity contribution >= 4 is 59.8 Å². The van der Waals surface area contributed by atoms with E-state index in [9.17, 15) is 23.3 Å². The number of non-ortho nitro benzene ring substituents is 1. The van der Waals surface area contributed by atoms with Crippen molar-refractivity contribution in [3.63, 3.8) is 0 Å². The summed E-state index contributed by atoms with van der Waals surface area (Å²) in [5.41, 5.74) is 2.75. The first kappa shape index (κ1) is 23.6. The van der Waals surface area contributed by atoms with Crippen molar-refractivity contribution in [1.29, 1.82) is 0 Å². The number of carbonyl (C=O) groups is 1. The lowest BCUT2D eigenvalue weighted by atomic mass is 10.2. The number of rotatable bonds is 7. The highest BCUT2D eigenvalue weighted by Crippen LogP contribution is 2.26. The van der Waals surface area contributed by atoms with Gasteiger partial charge in [0, 0.05) is 26.6 Å². The fourth-order valence-corrected chi connectivity index (χ4v) is 4.26. The van der Waals surface area contributed by atoms with E-state index < -0.39 is 20.9 Å². The molecule has 3 aromatic rings. The molecule has 1 amide bonds. The smallest absolute Gasteiger partial charge is 0.339 e. The third kappa shape index (κ3) is 5.78. The molecule has 0 aromatic heterocycles. The van der Waals surface area contributed by atoms with Gasteiger partial charge in [0.25, 0.3) is 11.6 Å². The normalized spacial score (nSPS) is 11.3. The molecule has 9 nitrogen and oxygen atoms in total. The van der Waals surface area contributed by atoms with E-state index in [2.05, 4.69) is 42.4 Å². The van der Waals surface area contributed by atoms with Crippen LogP contribution in [0.5, 0.6) is 5.75 Å². The standard InChI is InChI=1S/C20H13Br2N3O6S/c21-14-5-10-19(31-32(29,30)16-8-6-15(7-9-16)25(27)28)13(11-14)12-23-24-20(26)17-3-1-2-4-18(17)22/h1-12H,(H,24,26)/b23-12-. The summed E-state index contributed by atoms with van der Waals surface area (Å²) in [6, 6.07) is 15.6. The number of nitrogens with zero attached hydrogens (tertiary/aromatic N) is 2. The molecule has 0 saturated heterocycles. The molecule has 0 bridgehead atoms. The molecule has 0 aliphatic heterocycles. The van der Waals surface area contributed by atoms with E-state index in [4.69, 9.17) is 4.18 Å². The van der Waals surface area contributed by atoms with Gasteiger partial charge in [-0.1, -0.05) is 28.1 Å². The van der Waals surface area contributed by atoms with Crippen LogP contribution in [0.1, 0.15) is 15.9 Å². The van der Waals surface area contributed by atoms with Gasteiger partial charge < -0.3 is 4.18 Å². The number of benzene rings is 3. The maximum Gasteiger partial charge on any atom is 0.339 e. The van der Waals surface area contributed by atoms with Crippen molar-refractivity contribution in [3.8, 4) is 5.75 Å². The van der Waals surface area contributed by atoms with Crippen LogP contribution in [-0.2, 0) is 10.1 Å². The monoisotopic (exact) mass is 581 g/mol. The van der Waals surface area contributed by atoms with Gasteiger partial charge in [-0.15, -0.1) is 0 Å². The first-order valence-electron chi connectivity index (χ1n) is 8.74. The Morgan fingerprint density at radius 1 is 1.06 bits per heavy atom. The molecule has 0 radical (unpaired) electrons. The molecule has 12 heteroatoms. The van der Waals surface area contributed by atoms with Gasteiger partial charge in [-0.25, -0.2) is 5.43 Å². The average Bonchev–Trinajstić information content (AvgIpc) is 2.75. The van der Waals surface area contributed by atoms with Crippen LogP contribution in [0.3, 0.4) is 0 Å². The van der Waals surface area contributed by atoms with Crippen LogP contribution in [0.2, 0.25) is 0 Å². The van der Waals surface area contributed by atoms with E-state index in [1.54, 1.807) is 36.4 Å². The number of nitro groups is 1. The molecule has 3 rings (SSSR count). The molecular formula is C20H13Br2N3O6S. The molecule has 0 unspecified atom stereocenters. The van der Waals surface area contributed by atoms with Crippen molar-refractivity contribution in [2.75, 3.05) is 0 Å². The first-order chi connectivity index (χ1) is 15.2. The van der Waals surface area contributed by atoms with Crippen LogP contribution < -0.4 is 9.61 Å². The SMILES string of the molecule is O=C(N/N=C\c1cc(Br)ccc1OS(=O)(=O)c1ccc([N+](=O)[O-])cc1)c1ccccc1Br. The zero-order chi connectivity index (χ0) is 23.3. The Kier molecular flexibility index (Phi) is 7.38. The lowest BCUT2D eigenvalue weighted by Gasteiger charge is -2.10. The first-order valence-corrected chi connectivity index (χ1v) is 11.7. The number of nitrogens with one attached hydrogen (secondary N) is 1. The Balaban J connectivity index is 1.81. The second-order valence-electron chi connectivity index (χ2n) is 6.15. The average molecular weight is 583 g/mol. The van der Waals surface area contributed by atoms with Crippen LogP contribution in [0.15, 0.2) is 85.7 Å². The van der Waals surface area contributed by atoms with Crippen LogP contribution in [-0.4, -0.2) is 25.5 Å². The summed E-state index contributed by atoms with van der Waals surface area (Å²) < 4.78 is 31.6. The zero-order valence-electron chi connectivity index (χ0n) is 15.9. The number of hydrazone groups is 1. The minimum absolute atomic E-state index is 0.0505. The predicted molar refractivity (Wildman–Crippen MR) is 124 cm³/mol. The van der Waals surface area contributed by atoms with Gasteiger partial charge in [-0.05, 0) is 58.4 Å². The summed E-state index contributed by atoms with van der Waals surface area (Å²) in [5.74, 6) is -0.518. The van der Waals surface area contributed by atoms with Crippen molar-refractivity contribution in [1.82, 2.24) is 5.43 Å². The minimum atomic E-state index is -4.27. The molecule has 164 valence electrons. The number of nitro benzene ring substituents is 1. The summed E-state index contributed by atoms with van der Waals surface area (Å²) in [5, 5.41) is 14.6. The van der Waals surface area contributed by atoms with Crippen molar-refractivity contribution < 1.29 is 22.3 Å². The predicted octanol–water partition coefficient (Wildman–Crippen LogP) is 4.65. The Morgan fingerprint density at radius 2 is 1.75 bits per heavy atom. The summed E-state index contributed by atoms with van der Waals surface area (Å²) in [7, 11) is -4.27. The molecule has 1 N–H and O–H groups in total. The highest BCUT2D eigenvalue weighted by molar-refractivity contribution is 9.10. The Bertz CT molecular complexity index is 1310. The highest BCUT2D eigenvalue weighted by Gasteiger charge is 2.20. The highest BCUT2D eigenvalue weighted by atomic mass is 79.9. The summed E-state index contributed by atoms with van der Waals surface area (Å²) in [4.78, 5) is 22.1. The number of hydrogen-bond donors (Lipinski definition) is 1. The van der Waals surface area contributed by atoms with E-state index in [0.717, 1.165) is 24.3 Å². The minimum Gasteiger partial charge on any atom is -0.378 e. The van der Waals surface area contributed by atoms with E-state index in [1.807, 2.05) is 0 Å². The van der Waals surface area contributed by atoms with Gasteiger partial charge in [0.2, 0.25) is 0 Å². The van der Waals surface area contributed by atoms with Crippen molar-refractivity contribution in [2.24, 2.45) is 5.10 Å². The van der Waals surface area contributed by atoms with Crippen LogP contribution in [0.25, 0.3) is 0 Å². The quantitative estimate of drug-likeness (QED) is 0.187. The third-order valence-corrected chi connectivity index (χ3v) is 6.43. The number of halogens is 2. The van der Waals surface area contributed by atoms with Crippen LogP contribution >= 0.6 is 31.9 Å². The van der Waals surface area contributed by atoms with Gasteiger partial charge in [-0.2, -0.15) is 13.5 Å². The van der Waals surface area contributed by atoms with E-state index in [1.165, 1.54) is 12.3 Å². The van der Waals surface area contributed by atoms with Gasteiger partial charge in [0.05, 0.1) is 16.7 Å². The Morgan fingerprint density at radius 3 is 2.41 bits per heavy atom. The molecule has 32 heavy (non-hydrogen) atoms. The summed E-state index contributed by atoms with van der Waals surface area (Å²) in [6.07, 6.45) is 1.24. The molecule has 0 spiro atoms. The van der Waals surface area contributed by atoms with Gasteiger partial charge in [0.15, 0.2) is 5.75 Å². The molecule has 0 heterocycles. The second-order valence-corrected chi connectivity index (χ2v) is 9.47. The van der Waals surface area contributed by atoms with Gasteiger partial charge >= 0.3 is 10.1 Å². The largest absolute Gasteiger partial charge is 0.378 e. The van der Waals surface area contributed by atoms with Gasteiger partial charge in [0.1, 0.15) is 4.90 Å². The number of carbonyl (C=O) groups excluding carboxylic acids is 1. The van der Waals surface area contributed by atoms with Gasteiger partial charge in [-0.3, -0.25) is 14.9 Å². The number of hydrogen-bond acceptors (Lipinski definition) is 7. The Labute approximate surface area is 199 Å². The van der Waals surface area contributed by atoms with E-state index in [-0.39, 0.29) is 21.9 Å². The van der Waals surface area contributed by atoms with Crippen LogP contribution in [0.4, 0.5) is 5.69 Å². The molecule has 0 fully saturated rings. The van der Waals surface area contributed by atoms with Crippen LogP contribution in [0, 0.1) is 10.1 Å². The van der Waals surface area contributed by atoms with Crippen molar-refractivity contribution in [2.45, 2.75) is 4.90 Å². The molecule has 0 aliphatic carbocycles. The zero-order valence-corrected chi connectivity index (χ0v) is 19.9. The Hall–Kier alpha value is -3.09. The summed E-state index contributed by atoms with van der Waals surface area (Å²) in [6.45, 7) is 0. The summed E-state index contributed by atoms with van der Waals surface area (Å²) >= 11 is 6.56.